The van der Waals surface area contributed by atoms with Crippen molar-refractivity contribution < 1.29 is 14.7 Å². The van der Waals surface area contributed by atoms with E-state index in [1.54, 1.807) is 6.07 Å². The maximum Gasteiger partial charge on any atom is 0.323 e. The van der Waals surface area contributed by atoms with Gasteiger partial charge in [0.2, 0.25) is 5.91 Å². The highest BCUT2D eigenvalue weighted by Crippen LogP contribution is 2.27. The SMILES string of the molecule is Cc1cccc(N(CC(=O)O)C(=O)C2CCCCC2)c1. The molecule has 1 aromatic carbocycles. The minimum atomic E-state index is -0.976. The molecule has 0 bridgehead atoms. The third-order valence-electron chi connectivity index (χ3n) is 3.83. The first-order valence-electron chi connectivity index (χ1n) is 7.18. The average Bonchev–Trinajstić information content (AvgIpc) is 2.45. The van der Waals surface area contributed by atoms with Crippen molar-refractivity contribution in [2.24, 2.45) is 5.92 Å². The predicted molar refractivity (Wildman–Crippen MR) is 77.7 cm³/mol. The zero-order valence-electron chi connectivity index (χ0n) is 11.8. The number of carboxylic acid groups (broad SMARTS) is 1. The van der Waals surface area contributed by atoms with E-state index in [9.17, 15) is 9.59 Å². The third kappa shape index (κ3) is 3.59. The van der Waals surface area contributed by atoms with Gasteiger partial charge >= 0.3 is 5.97 Å². The first-order valence-corrected chi connectivity index (χ1v) is 7.18. The second kappa shape index (κ2) is 6.55. The van der Waals surface area contributed by atoms with Crippen LogP contribution in [0, 0.1) is 12.8 Å². The van der Waals surface area contributed by atoms with Gasteiger partial charge in [0.15, 0.2) is 0 Å². The molecule has 2 rings (SSSR count). The normalized spacial score (nSPS) is 15.8. The Morgan fingerprint density at radius 3 is 2.55 bits per heavy atom. The molecular weight excluding hydrogens is 254 g/mol. The lowest BCUT2D eigenvalue weighted by Crippen LogP contribution is -2.40. The zero-order chi connectivity index (χ0) is 14.5. The van der Waals surface area contributed by atoms with Gasteiger partial charge in [0.1, 0.15) is 6.54 Å². The molecule has 20 heavy (non-hydrogen) atoms. The van der Waals surface area contributed by atoms with Gasteiger partial charge in [0.05, 0.1) is 0 Å². The fourth-order valence-electron chi connectivity index (χ4n) is 2.80. The number of hydrogen-bond acceptors (Lipinski definition) is 2. The van der Waals surface area contributed by atoms with E-state index in [1.165, 1.54) is 11.3 Å². The summed E-state index contributed by atoms with van der Waals surface area (Å²) in [5.41, 5.74) is 1.71. The number of anilines is 1. The Kier molecular flexibility index (Phi) is 4.77. The molecule has 1 amide bonds. The number of benzene rings is 1. The summed E-state index contributed by atoms with van der Waals surface area (Å²) in [6.07, 6.45) is 5.05. The van der Waals surface area contributed by atoms with Gasteiger partial charge in [-0.05, 0) is 37.5 Å². The Labute approximate surface area is 119 Å². The van der Waals surface area contributed by atoms with Crippen LogP contribution in [-0.4, -0.2) is 23.5 Å². The van der Waals surface area contributed by atoms with Crippen LogP contribution in [0.5, 0.6) is 0 Å². The van der Waals surface area contributed by atoms with Gasteiger partial charge < -0.3 is 10.0 Å². The summed E-state index contributed by atoms with van der Waals surface area (Å²) in [6, 6.07) is 7.46. The summed E-state index contributed by atoms with van der Waals surface area (Å²) in [6.45, 7) is 1.67. The summed E-state index contributed by atoms with van der Waals surface area (Å²) < 4.78 is 0. The minimum absolute atomic E-state index is 0.0244. The second-order valence-corrected chi connectivity index (χ2v) is 5.49. The van der Waals surface area contributed by atoms with Crippen molar-refractivity contribution >= 4 is 17.6 Å². The molecule has 1 N–H and O–H groups in total. The number of rotatable bonds is 4. The molecule has 0 unspecified atom stereocenters. The summed E-state index contributed by atoms with van der Waals surface area (Å²) in [7, 11) is 0. The van der Waals surface area contributed by atoms with E-state index in [-0.39, 0.29) is 18.4 Å². The number of aryl methyl sites for hydroxylation is 1. The van der Waals surface area contributed by atoms with Crippen LogP contribution >= 0.6 is 0 Å². The third-order valence-corrected chi connectivity index (χ3v) is 3.83. The fourth-order valence-corrected chi connectivity index (χ4v) is 2.80. The van der Waals surface area contributed by atoms with Crippen LogP contribution in [0.4, 0.5) is 5.69 Å². The van der Waals surface area contributed by atoms with Gasteiger partial charge in [0, 0.05) is 11.6 Å². The van der Waals surface area contributed by atoms with Crippen LogP contribution in [0.25, 0.3) is 0 Å². The maximum absolute atomic E-state index is 12.6. The number of hydrogen-bond donors (Lipinski definition) is 1. The maximum atomic E-state index is 12.6. The number of carbonyl (C=O) groups is 2. The van der Waals surface area contributed by atoms with Crippen molar-refractivity contribution in [2.75, 3.05) is 11.4 Å². The zero-order valence-corrected chi connectivity index (χ0v) is 11.8. The van der Waals surface area contributed by atoms with Gasteiger partial charge in [0.25, 0.3) is 0 Å². The number of nitrogens with zero attached hydrogens (tertiary/aromatic N) is 1. The van der Waals surface area contributed by atoms with Gasteiger partial charge in [-0.3, -0.25) is 9.59 Å². The van der Waals surface area contributed by atoms with Crippen LogP contribution in [0.15, 0.2) is 24.3 Å². The van der Waals surface area contributed by atoms with Crippen molar-refractivity contribution in [1.82, 2.24) is 0 Å². The first kappa shape index (κ1) is 14.6. The second-order valence-electron chi connectivity index (χ2n) is 5.49. The van der Waals surface area contributed by atoms with Gasteiger partial charge in [-0.2, -0.15) is 0 Å². The summed E-state index contributed by atoms with van der Waals surface area (Å²) in [4.78, 5) is 25.1. The molecule has 0 heterocycles. The minimum Gasteiger partial charge on any atom is -0.480 e. The van der Waals surface area contributed by atoms with Crippen LogP contribution in [0.1, 0.15) is 37.7 Å². The molecule has 0 saturated heterocycles. The number of carbonyl (C=O) groups excluding carboxylic acids is 1. The van der Waals surface area contributed by atoms with E-state index in [2.05, 4.69) is 0 Å². The standard InChI is InChI=1S/C16H21NO3/c1-12-6-5-9-14(10-12)17(11-15(18)19)16(20)13-7-3-2-4-8-13/h5-6,9-10,13H,2-4,7-8,11H2,1H3,(H,18,19). The first-order chi connectivity index (χ1) is 9.58. The number of carboxylic acids is 1. The van der Waals surface area contributed by atoms with Crippen molar-refractivity contribution in [2.45, 2.75) is 39.0 Å². The van der Waals surface area contributed by atoms with Crippen molar-refractivity contribution in [3.8, 4) is 0 Å². The Bertz CT molecular complexity index is 492. The van der Waals surface area contributed by atoms with E-state index >= 15 is 0 Å². The largest absolute Gasteiger partial charge is 0.480 e. The molecule has 0 spiro atoms. The summed E-state index contributed by atoms with van der Waals surface area (Å²) >= 11 is 0. The van der Waals surface area contributed by atoms with Crippen molar-refractivity contribution in [3.05, 3.63) is 29.8 Å². The molecule has 0 atom stereocenters. The molecule has 1 aliphatic carbocycles. The molecule has 108 valence electrons. The molecule has 1 aromatic rings. The Hall–Kier alpha value is -1.84. The highest BCUT2D eigenvalue weighted by atomic mass is 16.4. The van der Waals surface area contributed by atoms with Gasteiger partial charge in [-0.1, -0.05) is 31.4 Å². The van der Waals surface area contributed by atoms with Crippen molar-refractivity contribution in [3.63, 3.8) is 0 Å². The van der Waals surface area contributed by atoms with E-state index in [0.717, 1.165) is 31.2 Å². The lowest BCUT2D eigenvalue weighted by Gasteiger charge is -2.28. The monoisotopic (exact) mass is 275 g/mol. The van der Waals surface area contributed by atoms with Crippen LogP contribution in [0.2, 0.25) is 0 Å². The molecule has 1 fully saturated rings. The smallest absolute Gasteiger partial charge is 0.323 e. The molecular formula is C16H21NO3. The predicted octanol–water partition coefficient (Wildman–Crippen LogP) is 2.99. The molecule has 1 saturated carbocycles. The molecule has 0 aromatic heterocycles. The van der Waals surface area contributed by atoms with Crippen LogP contribution in [0.3, 0.4) is 0 Å². The summed E-state index contributed by atoms with van der Waals surface area (Å²) in [5, 5.41) is 9.07. The van der Waals surface area contributed by atoms with E-state index in [4.69, 9.17) is 5.11 Å². The topological polar surface area (TPSA) is 57.6 Å². The highest BCUT2D eigenvalue weighted by Gasteiger charge is 2.28. The molecule has 4 heteroatoms. The van der Waals surface area contributed by atoms with Crippen LogP contribution < -0.4 is 4.90 Å². The van der Waals surface area contributed by atoms with E-state index in [0.29, 0.717) is 5.69 Å². The average molecular weight is 275 g/mol. The Morgan fingerprint density at radius 2 is 1.95 bits per heavy atom. The quantitative estimate of drug-likeness (QED) is 0.919. The van der Waals surface area contributed by atoms with Crippen molar-refractivity contribution in [1.29, 1.82) is 0 Å². The highest BCUT2D eigenvalue weighted by molar-refractivity contribution is 5.98. The molecule has 1 aliphatic rings. The fraction of sp³-hybridized carbons (Fsp3) is 0.500. The molecule has 4 nitrogen and oxygen atoms in total. The number of aliphatic carboxylic acids is 1. The number of amides is 1. The summed E-state index contributed by atoms with van der Waals surface area (Å²) in [5.74, 6) is -1.04. The van der Waals surface area contributed by atoms with E-state index in [1.807, 2.05) is 25.1 Å². The van der Waals surface area contributed by atoms with Gasteiger partial charge in [-0.25, -0.2) is 0 Å². The Balaban J connectivity index is 2.22. The molecule has 0 radical (unpaired) electrons. The lowest BCUT2D eigenvalue weighted by atomic mass is 9.88. The van der Waals surface area contributed by atoms with Crippen LogP contribution in [-0.2, 0) is 9.59 Å². The lowest BCUT2D eigenvalue weighted by molar-refractivity contribution is -0.137. The Morgan fingerprint density at radius 1 is 1.25 bits per heavy atom. The van der Waals surface area contributed by atoms with E-state index < -0.39 is 5.97 Å². The molecule has 0 aliphatic heterocycles. The van der Waals surface area contributed by atoms with Gasteiger partial charge in [-0.15, -0.1) is 0 Å².